The molecule has 1 nitrogen and oxygen atoms in total. The van der Waals surface area contributed by atoms with Crippen molar-refractivity contribution in [2.45, 2.75) is 20.8 Å². The summed E-state index contributed by atoms with van der Waals surface area (Å²) in [5, 5.41) is 0. The van der Waals surface area contributed by atoms with Gasteiger partial charge in [-0.25, -0.2) is 0 Å². The molecule has 0 aromatic carbocycles. The van der Waals surface area contributed by atoms with Crippen LogP contribution in [0, 0.1) is 17.8 Å². The van der Waals surface area contributed by atoms with Crippen molar-refractivity contribution in [3.63, 3.8) is 0 Å². The molecule has 2 unspecified atom stereocenters. The van der Waals surface area contributed by atoms with Gasteiger partial charge < -0.3 is 0 Å². The molecule has 56 valence electrons. The number of aliphatic imine (C=N–C) groups is 1. The Morgan fingerprint density at radius 2 is 2.10 bits per heavy atom. The van der Waals surface area contributed by atoms with E-state index >= 15 is 0 Å². The van der Waals surface area contributed by atoms with E-state index in [0.29, 0.717) is 11.8 Å². The minimum Gasteiger partial charge on any atom is -0.269 e. The van der Waals surface area contributed by atoms with Crippen molar-refractivity contribution >= 4 is 6.21 Å². The van der Waals surface area contributed by atoms with E-state index in [1.54, 1.807) is 0 Å². The highest BCUT2D eigenvalue weighted by Crippen LogP contribution is 2.23. The Morgan fingerprint density at radius 1 is 1.40 bits per heavy atom. The first-order valence-corrected chi connectivity index (χ1v) is 3.92. The van der Waals surface area contributed by atoms with Crippen LogP contribution in [-0.2, 0) is 0 Å². The molecule has 0 saturated carbocycles. The summed E-state index contributed by atoms with van der Waals surface area (Å²) in [6.07, 6.45) is 6.14. The molecule has 0 spiro atoms. The Bertz CT molecular complexity index is 156. The molecule has 1 heterocycles. The van der Waals surface area contributed by atoms with Crippen molar-refractivity contribution in [3.05, 3.63) is 12.3 Å². The molecule has 10 heavy (non-hydrogen) atoms. The predicted molar refractivity (Wildman–Crippen MR) is 45.1 cm³/mol. The van der Waals surface area contributed by atoms with Crippen molar-refractivity contribution in [2.75, 3.05) is 0 Å². The van der Waals surface area contributed by atoms with Crippen molar-refractivity contribution in [1.82, 2.24) is 0 Å². The maximum Gasteiger partial charge on any atom is 0.0227 e. The van der Waals surface area contributed by atoms with Crippen LogP contribution in [0.3, 0.4) is 0 Å². The summed E-state index contributed by atoms with van der Waals surface area (Å²) in [6.45, 7) is 6.73. The maximum absolute atomic E-state index is 4.09. The van der Waals surface area contributed by atoms with Crippen LogP contribution in [0.5, 0.6) is 0 Å². The number of nitrogens with zero attached hydrogens (tertiary/aromatic N) is 1. The average molecular weight is 137 g/mol. The van der Waals surface area contributed by atoms with E-state index < -0.39 is 0 Å². The minimum absolute atomic E-state index is 0.616. The van der Waals surface area contributed by atoms with Crippen molar-refractivity contribution in [1.29, 1.82) is 0 Å². The standard InChI is InChI=1S/C9H15N/c1-7(2)9-4-5-10-6-8(9)3/h4-9H,1-3H3. The molecular formula is C9H15N. The van der Waals surface area contributed by atoms with Crippen LogP contribution in [0.2, 0.25) is 0 Å². The summed E-state index contributed by atoms with van der Waals surface area (Å²) in [7, 11) is 0. The van der Waals surface area contributed by atoms with Crippen LogP contribution in [0.1, 0.15) is 20.8 Å². The quantitative estimate of drug-likeness (QED) is 0.526. The van der Waals surface area contributed by atoms with Gasteiger partial charge in [-0.15, -0.1) is 0 Å². The Labute approximate surface area is 62.9 Å². The smallest absolute Gasteiger partial charge is 0.0227 e. The highest BCUT2D eigenvalue weighted by molar-refractivity contribution is 5.63. The lowest BCUT2D eigenvalue weighted by atomic mass is 9.84. The van der Waals surface area contributed by atoms with Crippen LogP contribution < -0.4 is 0 Å². The summed E-state index contributed by atoms with van der Waals surface area (Å²) in [4.78, 5) is 4.09. The maximum atomic E-state index is 4.09. The molecule has 1 rings (SSSR count). The number of hydrogen-bond donors (Lipinski definition) is 0. The van der Waals surface area contributed by atoms with Gasteiger partial charge >= 0.3 is 0 Å². The lowest BCUT2D eigenvalue weighted by Gasteiger charge is -2.22. The molecule has 0 fully saturated rings. The predicted octanol–water partition coefficient (Wildman–Crippen LogP) is 2.49. The van der Waals surface area contributed by atoms with Gasteiger partial charge in [0.15, 0.2) is 0 Å². The first-order valence-electron chi connectivity index (χ1n) is 3.92. The molecule has 0 bridgehead atoms. The molecule has 0 N–H and O–H groups in total. The van der Waals surface area contributed by atoms with E-state index in [0.717, 1.165) is 5.92 Å². The van der Waals surface area contributed by atoms with Gasteiger partial charge in [0.25, 0.3) is 0 Å². The first-order chi connectivity index (χ1) is 4.72. The van der Waals surface area contributed by atoms with Crippen molar-refractivity contribution in [3.8, 4) is 0 Å². The third-order valence-electron chi connectivity index (χ3n) is 2.09. The van der Waals surface area contributed by atoms with E-state index in [4.69, 9.17) is 0 Å². The van der Waals surface area contributed by atoms with Crippen LogP contribution in [0.4, 0.5) is 0 Å². The van der Waals surface area contributed by atoms with Gasteiger partial charge in [-0.2, -0.15) is 0 Å². The molecular weight excluding hydrogens is 122 g/mol. The number of hydrogen-bond acceptors (Lipinski definition) is 1. The first kappa shape index (κ1) is 7.52. The summed E-state index contributed by atoms with van der Waals surface area (Å²) in [5.74, 6) is 2.04. The van der Waals surface area contributed by atoms with Gasteiger partial charge in [-0.05, 0) is 17.8 Å². The Kier molecular flexibility index (Phi) is 2.25. The van der Waals surface area contributed by atoms with E-state index in [-0.39, 0.29) is 0 Å². The second-order valence-corrected chi connectivity index (χ2v) is 3.32. The zero-order valence-corrected chi connectivity index (χ0v) is 6.91. The molecule has 0 aromatic rings. The monoisotopic (exact) mass is 137 g/mol. The molecule has 0 aromatic heterocycles. The molecule has 1 aliphatic heterocycles. The molecule has 0 radical (unpaired) electrons. The van der Waals surface area contributed by atoms with E-state index in [2.05, 4.69) is 31.8 Å². The summed E-state index contributed by atoms with van der Waals surface area (Å²) in [5.41, 5.74) is 0. The molecule has 2 atom stereocenters. The lowest BCUT2D eigenvalue weighted by Crippen LogP contribution is -2.18. The van der Waals surface area contributed by atoms with E-state index in [1.807, 2.05) is 12.4 Å². The molecule has 0 amide bonds. The Hall–Kier alpha value is -0.590. The Morgan fingerprint density at radius 3 is 2.50 bits per heavy atom. The molecule has 1 heteroatoms. The van der Waals surface area contributed by atoms with Gasteiger partial charge in [0.05, 0.1) is 0 Å². The third kappa shape index (κ3) is 1.47. The SMILES string of the molecule is CC(C)C1C=CN=CC1C. The largest absolute Gasteiger partial charge is 0.269 e. The normalized spacial score (nSPS) is 31.6. The fraction of sp³-hybridized carbons (Fsp3) is 0.667. The van der Waals surface area contributed by atoms with Gasteiger partial charge in [0.1, 0.15) is 0 Å². The minimum atomic E-state index is 0.616. The van der Waals surface area contributed by atoms with Crippen molar-refractivity contribution in [2.24, 2.45) is 22.7 Å². The van der Waals surface area contributed by atoms with Gasteiger partial charge in [0, 0.05) is 12.4 Å². The zero-order chi connectivity index (χ0) is 7.56. The second-order valence-electron chi connectivity index (χ2n) is 3.32. The highest BCUT2D eigenvalue weighted by Gasteiger charge is 2.17. The van der Waals surface area contributed by atoms with Crippen LogP contribution in [-0.4, -0.2) is 6.21 Å². The Balaban J connectivity index is 2.61. The molecule has 0 saturated heterocycles. The molecule has 0 aliphatic carbocycles. The lowest BCUT2D eigenvalue weighted by molar-refractivity contribution is 0.401. The second kappa shape index (κ2) is 3.00. The van der Waals surface area contributed by atoms with Crippen LogP contribution in [0.25, 0.3) is 0 Å². The van der Waals surface area contributed by atoms with Gasteiger partial charge in [-0.1, -0.05) is 26.8 Å². The van der Waals surface area contributed by atoms with E-state index in [1.165, 1.54) is 0 Å². The fourth-order valence-electron chi connectivity index (χ4n) is 1.44. The summed E-state index contributed by atoms with van der Waals surface area (Å²) in [6, 6.07) is 0. The zero-order valence-electron chi connectivity index (χ0n) is 6.91. The van der Waals surface area contributed by atoms with Crippen LogP contribution in [0.15, 0.2) is 17.3 Å². The summed E-state index contributed by atoms with van der Waals surface area (Å²) >= 11 is 0. The summed E-state index contributed by atoms with van der Waals surface area (Å²) < 4.78 is 0. The fourth-order valence-corrected chi connectivity index (χ4v) is 1.44. The number of rotatable bonds is 1. The topological polar surface area (TPSA) is 12.4 Å². The molecule has 1 aliphatic rings. The highest BCUT2D eigenvalue weighted by atomic mass is 14.7. The third-order valence-corrected chi connectivity index (χ3v) is 2.09. The van der Waals surface area contributed by atoms with Crippen LogP contribution >= 0.6 is 0 Å². The number of allylic oxidation sites excluding steroid dienone is 1. The van der Waals surface area contributed by atoms with E-state index in [9.17, 15) is 0 Å². The van der Waals surface area contributed by atoms with Gasteiger partial charge in [-0.3, -0.25) is 4.99 Å². The van der Waals surface area contributed by atoms with Gasteiger partial charge in [0.2, 0.25) is 0 Å². The van der Waals surface area contributed by atoms with Crippen molar-refractivity contribution < 1.29 is 0 Å². The average Bonchev–Trinajstić information content (AvgIpc) is 1.88.